The normalized spacial score (nSPS) is 10.4. The lowest BCUT2D eigenvalue weighted by molar-refractivity contribution is -0.131. The molecule has 12 heavy (non-hydrogen) atoms. The number of aromatic nitrogens is 1. The highest BCUT2D eigenvalue weighted by molar-refractivity contribution is 6.30. The zero-order chi connectivity index (χ0) is 8.97. The van der Waals surface area contributed by atoms with Crippen molar-refractivity contribution in [2.75, 3.05) is 0 Å². The lowest BCUT2D eigenvalue weighted by atomic mass is 10.3. The molecular formula is C8H6ClNO2. The van der Waals surface area contributed by atoms with Gasteiger partial charge in [-0.3, -0.25) is 4.98 Å². The summed E-state index contributed by atoms with van der Waals surface area (Å²) < 4.78 is 0. The third-order valence-corrected chi connectivity index (χ3v) is 1.37. The summed E-state index contributed by atoms with van der Waals surface area (Å²) in [5.74, 6) is -1.00. The lowest BCUT2D eigenvalue weighted by Crippen LogP contribution is -1.86. The Morgan fingerprint density at radius 1 is 1.67 bits per heavy atom. The molecule has 0 amide bonds. The number of hydrogen-bond donors (Lipinski definition) is 1. The molecule has 0 saturated heterocycles. The highest BCUT2D eigenvalue weighted by atomic mass is 35.5. The molecule has 0 saturated carbocycles. The minimum atomic E-state index is -1.00. The SMILES string of the molecule is O=C(O)/C=C/c1cc(Cl)ccn1. The quantitative estimate of drug-likeness (QED) is 0.712. The summed E-state index contributed by atoms with van der Waals surface area (Å²) in [7, 11) is 0. The van der Waals surface area contributed by atoms with E-state index in [0.29, 0.717) is 10.7 Å². The van der Waals surface area contributed by atoms with Crippen LogP contribution >= 0.6 is 11.6 Å². The Bertz CT molecular complexity index is 323. The smallest absolute Gasteiger partial charge is 0.328 e. The molecule has 0 aliphatic heterocycles. The van der Waals surface area contributed by atoms with E-state index in [1.807, 2.05) is 0 Å². The summed E-state index contributed by atoms with van der Waals surface area (Å²) in [4.78, 5) is 14.0. The van der Waals surface area contributed by atoms with Crippen LogP contribution in [0.2, 0.25) is 5.02 Å². The number of aliphatic carboxylic acids is 1. The molecule has 4 heteroatoms. The van der Waals surface area contributed by atoms with Crippen molar-refractivity contribution in [3.05, 3.63) is 35.1 Å². The van der Waals surface area contributed by atoms with Crippen molar-refractivity contribution in [3.63, 3.8) is 0 Å². The zero-order valence-electron chi connectivity index (χ0n) is 6.07. The first-order chi connectivity index (χ1) is 5.68. The van der Waals surface area contributed by atoms with E-state index in [9.17, 15) is 4.79 Å². The largest absolute Gasteiger partial charge is 0.478 e. The van der Waals surface area contributed by atoms with E-state index in [-0.39, 0.29) is 0 Å². The summed E-state index contributed by atoms with van der Waals surface area (Å²) in [6.45, 7) is 0. The monoisotopic (exact) mass is 183 g/mol. The van der Waals surface area contributed by atoms with Crippen LogP contribution in [0.1, 0.15) is 5.69 Å². The van der Waals surface area contributed by atoms with Crippen molar-refractivity contribution in [1.29, 1.82) is 0 Å². The molecule has 0 unspecified atom stereocenters. The van der Waals surface area contributed by atoms with Gasteiger partial charge in [-0.1, -0.05) is 11.6 Å². The molecule has 1 rings (SSSR count). The Labute approximate surface area is 74.3 Å². The van der Waals surface area contributed by atoms with Gasteiger partial charge in [0.15, 0.2) is 0 Å². The minimum Gasteiger partial charge on any atom is -0.478 e. The van der Waals surface area contributed by atoms with Crippen LogP contribution in [0.25, 0.3) is 6.08 Å². The molecule has 1 N–H and O–H groups in total. The van der Waals surface area contributed by atoms with Gasteiger partial charge >= 0.3 is 5.97 Å². The summed E-state index contributed by atoms with van der Waals surface area (Å²) in [6.07, 6.45) is 3.91. The summed E-state index contributed by atoms with van der Waals surface area (Å²) in [5, 5.41) is 8.83. The standard InChI is InChI=1S/C8H6ClNO2/c9-6-3-4-10-7(5-6)1-2-8(11)12/h1-5H,(H,11,12)/b2-1+. The predicted octanol–water partition coefficient (Wildman–Crippen LogP) is 1.83. The molecule has 0 atom stereocenters. The fourth-order valence-electron chi connectivity index (χ4n) is 0.669. The van der Waals surface area contributed by atoms with Crippen molar-refractivity contribution in [2.45, 2.75) is 0 Å². The molecule has 1 heterocycles. The number of halogens is 1. The van der Waals surface area contributed by atoms with E-state index in [4.69, 9.17) is 16.7 Å². The van der Waals surface area contributed by atoms with E-state index in [1.165, 1.54) is 12.3 Å². The van der Waals surface area contributed by atoms with Crippen LogP contribution in [0.4, 0.5) is 0 Å². The number of rotatable bonds is 2. The molecule has 1 aromatic rings. The first-order valence-corrected chi connectivity index (χ1v) is 3.59. The molecule has 0 bridgehead atoms. The van der Waals surface area contributed by atoms with Gasteiger partial charge in [0, 0.05) is 17.3 Å². The van der Waals surface area contributed by atoms with E-state index in [2.05, 4.69) is 4.98 Å². The average Bonchev–Trinajstić information content (AvgIpc) is 2.01. The first kappa shape index (κ1) is 8.74. The molecule has 3 nitrogen and oxygen atoms in total. The fourth-order valence-corrected chi connectivity index (χ4v) is 0.837. The number of pyridine rings is 1. The van der Waals surface area contributed by atoms with E-state index in [0.717, 1.165) is 6.08 Å². The maximum absolute atomic E-state index is 10.1. The van der Waals surface area contributed by atoms with Crippen LogP contribution in [-0.4, -0.2) is 16.1 Å². The highest BCUT2D eigenvalue weighted by Crippen LogP contribution is 2.08. The molecule has 0 spiro atoms. The van der Waals surface area contributed by atoms with Crippen LogP contribution in [0.5, 0.6) is 0 Å². The third kappa shape index (κ3) is 2.72. The number of carboxylic acids is 1. The van der Waals surface area contributed by atoms with Crippen molar-refractivity contribution < 1.29 is 9.90 Å². The number of nitrogens with zero attached hydrogens (tertiary/aromatic N) is 1. The average molecular weight is 184 g/mol. The third-order valence-electron chi connectivity index (χ3n) is 1.14. The number of hydrogen-bond acceptors (Lipinski definition) is 2. The lowest BCUT2D eigenvalue weighted by Gasteiger charge is -1.91. The van der Waals surface area contributed by atoms with Gasteiger partial charge in [0.1, 0.15) is 0 Å². The van der Waals surface area contributed by atoms with Gasteiger partial charge in [-0.25, -0.2) is 4.79 Å². The zero-order valence-corrected chi connectivity index (χ0v) is 6.82. The van der Waals surface area contributed by atoms with Gasteiger partial charge in [-0.2, -0.15) is 0 Å². The molecule has 0 aliphatic carbocycles. The molecule has 0 aliphatic rings. The Kier molecular flexibility index (Phi) is 2.82. The van der Waals surface area contributed by atoms with Crippen LogP contribution in [0.3, 0.4) is 0 Å². The Balaban J connectivity index is 2.83. The topological polar surface area (TPSA) is 50.2 Å². The Hall–Kier alpha value is -1.35. The molecular weight excluding hydrogens is 178 g/mol. The van der Waals surface area contributed by atoms with Crippen molar-refractivity contribution in [1.82, 2.24) is 4.98 Å². The van der Waals surface area contributed by atoms with Crippen molar-refractivity contribution >= 4 is 23.6 Å². The highest BCUT2D eigenvalue weighted by Gasteiger charge is 1.91. The van der Waals surface area contributed by atoms with Gasteiger partial charge in [-0.05, 0) is 18.2 Å². The molecule has 0 radical (unpaired) electrons. The Morgan fingerprint density at radius 2 is 2.42 bits per heavy atom. The van der Waals surface area contributed by atoms with Gasteiger partial charge in [0.05, 0.1) is 5.69 Å². The first-order valence-electron chi connectivity index (χ1n) is 3.21. The van der Waals surface area contributed by atoms with E-state index < -0.39 is 5.97 Å². The van der Waals surface area contributed by atoms with Gasteiger partial charge < -0.3 is 5.11 Å². The second kappa shape index (κ2) is 3.88. The summed E-state index contributed by atoms with van der Waals surface area (Å²) in [5.41, 5.74) is 0.532. The molecule has 0 fully saturated rings. The second-order valence-corrected chi connectivity index (χ2v) is 2.51. The minimum absolute atomic E-state index is 0.532. The maximum Gasteiger partial charge on any atom is 0.328 e. The van der Waals surface area contributed by atoms with Crippen molar-refractivity contribution in [2.24, 2.45) is 0 Å². The fraction of sp³-hybridized carbons (Fsp3) is 0. The molecule has 62 valence electrons. The van der Waals surface area contributed by atoms with Gasteiger partial charge in [0.2, 0.25) is 0 Å². The number of carbonyl (C=O) groups is 1. The van der Waals surface area contributed by atoms with Crippen molar-refractivity contribution in [3.8, 4) is 0 Å². The van der Waals surface area contributed by atoms with Gasteiger partial charge in [0.25, 0.3) is 0 Å². The Morgan fingerprint density at radius 3 is 3.00 bits per heavy atom. The van der Waals surface area contributed by atoms with Gasteiger partial charge in [-0.15, -0.1) is 0 Å². The maximum atomic E-state index is 10.1. The predicted molar refractivity (Wildman–Crippen MR) is 45.9 cm³/mol. The van der Waals surface area contributed by atoms with Crippen LogP contribution < -0.4 is 0 Å². The summed E-state index contributed by atoms with van der Waals surface area (Å²) >= 11 is 5.64. The van der Waals surface area contributed by atoms with E-state index in [1.54, 1.807) is 12.1 Å². The second-order valence-electron chi connectivity index (χ2n) is 2.07. The molecule has 1 aromatic heterocycles. The van der Waals surface area contributed by atoms with Crippen LogP contribution in [0, 0.1) is 0 Å². The van der Waals surface area contributed by atoms with E-state index >= 15 is 0 Å². The van der Waals surface area contributed by atoms with Crippen LogP contribution in [-0.2, 0) is 4.79 Å². The number of carboxylic acid groups (broad SMARTS) is 1. The van der Waals surface area contributed by atoms with Crippen LogP contribution in [0.15, 0.2) is 24.4 Å². The molecule has 0 aromatic carbocycles. The summed E-state index contributed by atoms with van der Waals surface area (Å²) in [6, 6.07) is 3.21.